The van der Waals surface area contributed by atoms with E-state index in [0.717, 1.165) is 0 Å². The molecule has 0 aliphatic carbocycles. The van der Waals surface area contributed by atoms with E-state index in [1.807, 2.05) is 0 Å². The van der Waals surface area contributed by atoms with Crippen LogP contribution in [-0.2, 0) is 9.84 Å². The van der Waals surface area contributed by atoms with E-state index in [1.54, 1.807) is 0 Å². The number of aliphatic hydroxyl groups excluding tert-OH is 1. The van der Waals surface area contributed by atoms with Crippen molar-refractivity contribution in [3.63, 3.8) is 0 Å². The van der Waals surface area contributed by atoms with Crippen molar-refractivity contribution >= 4 is 15.8 Å². The average Bonchev–Trinajstić information content (AvgIpc) is 2.17. The van der Waals surface area contributed by atoms with Crippen LogP contribution in [0.3, 0.4) is 0 Å². The molecule has 0 saturated heterocycles. The van der Waals surface area contributed by atoms with Gasteiger partial charge in [-0.2, -0.15) is 0 Å². The second-order valence-electron chi connectivity index (χ2n) is 2.84. The predicted molar refractivity (Wildman–Crippen MR) is 52.5 cm³/mol. The van der Waals surface area contributed by atoms with Gasteiger partial charge in [0, 0.05) is 0 Å². The second-order valence-corrected chi connectivity index (χ2v) is 4.92. The van der Waals surface area contributed by atoms with Crippen LogP contribution in [-0.4, -0.2) is 37.0 Å². The molecular formula is C9H10O5S. The van der Waals surface area contributed by atoms with Gasteiger partial charge < -0.3 is 10.2 Å². The van der Waals surface area contributed by atoms with E-state index in [0.29, 0.717) is 0 Å². The SMILES string of the molecule is O=C(O)c1ccccc1S(=O)(=O)CCO. The minimum Gasteiger partial charge on any atom is -0.478 e. The van der Waals surface area contributed by atoms with Crippen LogP contribution < -0.4 is 0 Å². The van der Waals surface area contributed by atoms with E-state index in [2.05, 4.69) is 0 Å². The fourth-order valence-electron chi connectivity index (χ4n) is 1.14. The molecule has 0 radical (unpaired) electrons. The summed E-state index contributed by atoms with van der Waals surface area (Å²) < 4.78 is 23.1. The molecule has 2 N–H and O–H groups in total. The van der Waals surface area contributed by atoms with Gasteiger partial charge in [0.15, 0.2) is 9.84 Å². The van der Waals surface area contributed by atoms with Gasteiger partial charge >= 0.3 is 5.97 Å². The van der Waals surface area contributed by atoms with Gasteiger partial charge in [-0.3, -0.25) is 0 Å². The molecule has 15 heavy (non-hydrogen) atoms. The number of carbonyl (C=O) groups is 1. The number of hydrogen-bond acceptors (Lipinski definition) is 4. The van der Waals surface area contributed by atoms with Gasteiger partial charge in [-0.15, -0.1) is 0 Å². The Morgan fingerprint density at radius 1 is 1.27 bits per heavy atom. The Hall–Kier alpha value is -1.40. The van der Waals surface area contributed by atoms with Crippen LogP contribution in [0.5, 0.6) is 0 Å². The van der Waals surface area contributed by atoms with Gasteiger partial charge in [-0.25, -0.2) is 13.2 Å². The standard InChI is InChI=1S/C9H10O5S/c10-5-6-15(13,14)8-4-2-1-3-7(8)9(11)12/h1-4,10H,5-6H2,(H,11,12). The average molecular weight is 230 g/mol. The molecule has 0 bridgehead atoms. The molecule has 0 amide bonds. The summed E-state index contributed by atoms with van der Waals surface area (Å²) in [6.45, 7) is -0.531. The Kier molecular flexibility index (Phi) is 3.43. The van der Waals surface area contributed by atoms with Crippen LogP contribution in [0.25, 0.3) is 0 Å². The number of rotatable bonds is 4. The molecule has 0 aromatic heterocycles. The topological polar surface area (TPSA) is 91.7 Å². The zero-order valence-corrected chi connectivity index (χ0v) is 8.57. The molecule has 0 spiro atoms. The summed E-state index contributed by atoms with van der Waals surface area (Å²) in [6, 6.07) is 5.32. The van der Waals surface area contributed by atoms with E-state index in [1.165, 1.54) is 24.3 Å². The predicted octanol–water partition coefficient (Wildman–Crippen LogP) is 0.151. The van der Waals surface area contributed by atoms with Gasteiger partial charge in [-0.1, -0.05) is 12.1 Å². The molecule has 0 atom stereocenters. The van der Waals surface area contributed by atoms with Crippen molar-refractivity contribution in [2.24, 2.45) is 0 Å². The molecule has 1 rings (SSSR count). The highest BCUT2D eigenvalue weighted by Crippen LogP contribution is 2.16. The van der Waals surface area contributed by atoms with Gasteiger partial charge in [0.05, 0.1) is 22.8 Å². The van der Waals surface area contributed by atoms with E-state index in [-0.39, 0.29) is 10.5 Å². The monoisotopic (exact) mass is 230 g/mol. The van der Waals surface area contributed by atoms with Crippen molar-refractivity contribution in [2.45, 2.75) is 4.90 Å². The van der Waals surface area contributed by atoms with Crippen molar-refractivity contribution in [3.8, 4) is 0 Å². The number of benzene rings is 1. The highest BCUT2D eigenvalue weighted by Gasteiger charge is 2.20. The molecule has 5 nitrogen and oxygen atoms in total. The zero-order valence-electron chi connectivity index (χ0n) is 7.75. The molecule has 0 aliphatic rings. The first-order chi connectivity index (χ1) is 6.99. The van der Waals surface area contributed by atoms with Crippen molar-refractivity contribution in [2.75, 3.05) is 12.4 Å². The third-order valence-electron chi connectivity index (χ3n) is 1.81. The molecule has 0 unspecified atom stereocenters. The van der Waals surface area contributed by atoms with Gasteiger partial charge in [0.1, 0.15) is 0 Å². The fraction of sp³-hybridized carbons (Fsp3) is 0.222. The van der Waals surface area contributed by atoms with Crippen LogP contribution in [0.15, 0.2) is 29.2 Å². The summed E-state index contributed by atoms with van der Waals surface area (Å²) in [5.41, 5.74) is -0.272. The second kappa shape index (κ2) is 4.41. The maximum atomic E-state index is 11.5. The number of carboxylic acid groups (broad SMARTS) is 1. The molecular weight excluding hydrogens is 220 g/mol. The Morgan fingerprint density at radius 3 is 2.40 bits per heavy atom. The Labute approximate surface area is 86.9 Å². The van der Waals surface area contributed by atoms with Crippen LogP contribution in [0.4, 0.5) is 0 Å². The summed E-state index contributed by atoms with van der Waals surface area (Å²) >= 11 is 0. The summed E-state index contributed by atoms with van der Waals surface area (Å²) in [4.78, 5) is 10.5. The fourth-order valence-corrected chi connectivity index (χ4v) is 2.38. The summed E-state index contributed by atoms with van der Waals surface area (Å²) in [5, 5.41) is 17.3. The smallest absolute Gasteiger partial charge is 0.337 e. The third-order valence-corrected chi connectivity index (χ3v) is 3.56. The maximum absolute atomic E-state index is 11.5. The summed E-state index contributed by atoms with van der Waals surface area (Å²) in [7, 11) is -3.72. The minimum absolute atomic E-state index is 0.258. The highest BCUT2D eigenvalue weighted by atomic mass is 32.2. The van der Waals surface area contributed by atoms with E-state index in [9.17, 15) is 13.2 Å². The lowest BCUT2D eigenvalue weighted by Crippen LogP contribution is -2.14. The Bertz CT molecular complexity index is 463. The number of aromatic carboxylic acids is 1. The van der Waals surface area contributed by atoms with Crippen LogP contribution in [0.1, 0.15) is 10.4 Å². The van der Waals surface area contributed by atoms with Crippen molar-refractivity contribution in [1.82, 2.24) is 0 Å². The van der Waals surface area contributed by atoms with Crippen molar-refractivity contribution < 1.29 is 23.4 Å². The first-order valence-corrected chi connectivity index (χ1v) is 5.80. The number of sulfone groups is 1. The molecule has 0 heterocycles. The number of carboxylic acids is 1. The van der Waals surface area contributed by atoms with Crippen molar-refractivity contribution in [3.05, 3.63) is 29.8 Å². The quantitative estimate of drug-likeness (QED) is 0.768. The Balaban J connectivity index is 3.31. The summed E-state index contributed by atoms with van der Waals surface area (Å²) in [6.07, 6.45) is 0. The van der Waals surface area contributed by atoms with E-state index >= 15 is 0 Å². The molecule has 1 aromatic carbocycles. The number of aliphatic hydroxyl groups is 1. The third kappa shape index (κ3) is 2.54. The van der Waals surface area contributed by atoms with Crippen LogP contribution >= 0.6 is 0 Å². The van der Waals surface area contributed by atoms with E-state index < -0.39 is 28.2 Å². The van der Waals surface area contributed by atoms with Crippen molar-refractivity contribution in [1.29, 1.82) is 0 Å². The van der Waals surface area contributed by atoms with Gasteiger partial charge in [0.25, 0.3) is 0 Å². The lowest BCUT2D eigenvalue weighted by atomic mass is 10.2. The molecule has 1 aromatic rings. The molecule has 0 aliphatic heterocycles. The van der Waals surface area contributed by atoms with Gasteiger partial charge in [0.2, 0.25) is 0 Å². The normalized spacial score (nSPS) is 11.3. The minimum atomic E-state index is -3.72. The van der Waals surface area contributed by atoms with E-state index in [4.69, 9.17) is 10.2 Å². The first-order valence-electron chi connectivity index (χ1n) is 4.15. The lowest BCUT2D eigenvalue weighted by molar-refractivity contribution is 0.0692. The molecule has 0 saturated carbocycles. The lowest BCUT2D eigenvalue weighted by Gasteiger charge is -2.05. The highest BCUT2D eigenvalue weighted by molar-refractivity contribution is 7.91. The van der Waals surface area contributed by atoms with Crippen LogP contribution in [0, 0.1) is 0 Å². The molecule has 0 fully saturated rings. The molecule has 6 heteroatoms. The maximum Gasteiger partial charge on any atom is 0.337 e. The zero-order chi connectivity index (χ0) is 11.5. The molecule has 82 valence electrons. The summed E-state index contributed by atoms with van der Waals surface area (Å²) in [5.74, 6) is -1.77. The van der Waals surface area contributed by atoms with Gasteiger partial charge in [-0.05, 0) is 12.1 Å². The van der Waals surface area contributed by atoms with Crippen LogP contribution in [0.2, 0.25) is 0 Å². The first kappa shape index (κ1) is 11.7. The number of hydrogen-bond donors (Lipinski definition) is 2. The largest absolute Gasteiger partial charge is 0.478 e. The Morgan fingerprint density at radius 2 is 1.87 bits per heavy atom.